The van der Waals surface area contributed by atoms with Gasteiger partial charge < -0.3 is 4.57 Å². The Bertz CT molecular complexity index is 576. The summed E-state index contributed by atoms with van der Waals surface area (Å²) in [6, 6.07) is 6.54. The minimum absolute atomic E-state index is 0.00956. The maximum atomic E-state index is 4.30. The van der Waals surface area contributed by atoms with Crippen LogP contribution in [0.25, 0.3) is 0 Å². The van der Waals surface area contributed by atoms with Crippen LogP contribution in [0.3, 0.4) is 0 Å². The molecule has 88 valence electrons. The van der Waals surface area contributed by atoms with Crippen LogP contribution in [0.5, 0.6) is 0 Å². The average molecular weight is 292 g/mol. The van der Waals surface area contributed by atoms with Crippen LogP contribution in [-0.2, 0) is 18.9 Å². The first kappa shape index (κ1) is 11.0. The highest BCUT2D eigenvalue weighted by Gasteiger charge is 2.39. The van der Waals surface area contributed by atoms with Crippen molar-refractivity contribution in [1.29, 1.82) is 0 Å². The molecule has 0 amide bonds. The maximum absolute atomic E-state index is 4.30. The molecule has 0 N–H and O–H groups in total. The summed E-state index contributed by atoms with van der Waals surface area (Å²) in [5.74, 6) is 1.05. The van der Waals surface area contributed by atoms with Crippen LogP contribution in [0.1, 0.15) is 30.3 Å². The molecule has 1 unspecified atom stereocenters. The largest absolute Gasteiger partial charge is 0.320 e. The molecule has 0 saturated carbocycles. The lowest BCUT2D eigenvalue weighted by atomic mass is 9.83. The Hall–Kier alpha value is -1.16. The molecule has 0 bridgehead atoms. The molecule has 0 radical (unpaired) electrons. The van der Waals surface area contributed by atoms with Gasteiger partial charge in [-0.2, -0.15) is 0 Å². The lowest BCUT2D eigenvalue weighted by molar-refractivity contribution is 0.506. The van der Waals surface area contributed by atoms with E-state index < -0.39 is 0 Å². The highest BCUT2D eigenvalue weighted by Crippen LogP contribution is 2.43. The number of benzene rings is 1. The number of hydrogen-bond acceptors (Lipinski definition) is 2. The maximum Gasteiger partial charge on any atom is 0.142 e. The standard InChI is InChI=1S/C13H14BrN3/c1-13(12-16-15-8-17(12)2)6-5-9-3-4-10(14)7-11(9)13/h3-4,7-8H,5-6H2,1-2H3. The smallest absolute Gasteiger partial charge is 0.142 e. The molecule has 1 heterocycles. The summed E-state index contributed by atoms with van der Waals surface area (Å²) < 4.78 is 3.15. The van der Waals surface area contributed by atoms with Crippen LogP contribution < -0.4 is 0 Å². The molecule has 3 nitrogen and oxygen atoms in total. The van der Waals surface area contributed by atoms with Gasteiger partial charge in [-0.25, -0.2) is 0 Å². The third-order valence-corrected chi connectivity index (χ3v) is 4.26. The molecular formula is C13H14BrN3. The van der Waals surface area contributed by atoms with Crippen LogP contribution >= 0.6 is 15.9 Å². The van der Waals surface area contributed by atoms with Crippen LogP contribution in [-0.4, -0.2) is 14.8 Å². The van der Waals surface area contributed by atoms with E-state index in [1.165, 1.54) is 11.1 Å². The first-order chi connectivity index (χ1) is 8.11. The minimum Gasteiger partial charge on any atom is -0.320 e. The molecule has 1 aliphatic rings. The lowest BCUT2D eigenvalue weighted by Gasteiger charge is -2.24. The number of halogens is 1. The second kappa shape index (κ2) is 3.67. The van der Waals surface area contributed by atoms with E-state index in [9.17, 15) is 0 Å². The normalized spacial score (nSPS) is 22.8. The van der Waals surface area contributed by atoms with Crippen molar-refractivity contribution in [2.75, 3.05) is 0 Å². The van der Waals surface area contributed by atoms with E-state index in [4.69, 9.17) is 0 Å². The molecule has 0 aliphatic heterocycles. The summed E-state index contributed by atoms with van der Waals surface area (Å²) in [4.78, 5) is 0. The van der Waals surface area contributed by atoms with Crippen LogP contribution in [0.4, 0.5) is 0 Å². The predicted molar refractivity (Wildman–Crippen MR) is 69.9 cm³/mol. The second-order valence-corrected chi connectivity index (χ2v) is 5.81. The molecular weight excluding hydrogens is 278 g/mol. The first-order valence-corrected chi connectivity index (χ1v) is 6.54. The number of aromatic nitrogens is 3. The zero-order chi connectivity index (χ0) is 12.0. The van der Waals surface area contributed by atoms with Gasteiger partial charge in [0.05, 0.1) is 5.41 Å². The molecule has 3 rings (SSSR count). The van der Waals surface area contributed by atoms with Gasteiger partial charge in [0.15, 0.2) is 0 Å². The zero-order valence-electron chi connectivity index (χ0n) is 9.94. The Morgan fingerprint density at radius 2 is 2.24 bits per heavy atom. The highest BCUT2D eigenvalue weighted by atomic mass is 79.9. The van der Waals surface area contributed by atoms with Crippen molar-refractivity contribution in [3.63, 3.8) is 0 Å². The second-order valence-electron chi connectivity index (χ2n) is 4.90. The van der Waals surface area contributed by atoms with E-state index in [1.807, 2.05) is 11.6 Å². The zero-order valence-corrected chi connectivity index (χ0v) is 11.5. The third-order valence-electron chi connectivity index (χ3n) is 3.77. The van der Waals surface area contributed by atoms with Gasteiger partial charge >= 0.3 is 0 Å². The summed E-state index contributed by atoms with van der Waals surface area (Å²) in [5.41, 5.74) is 2.80. The molecule has 1 aliphatic carbocycles. The van der Waals surface area contributed by atoms with E-state index in [1.54, 1.807) is 6.33 Å². The van der Waals surface area contributed by atoms with E-state index >= 15 is 0 Å². The summed E-state index contributed by atoms with van der Waals surface area (Å²) in [5, 5.41) is 8.30. The minimum atomic E-state index is -0.00956. The monoisotopic (exact) mass is 291 g/mol. The van der Waals surface area contributed by atoms with Gasteiger partial charge in [-0.15, -0.1) is 10.2 Å². The van der Waals surface area contributed by atoms with Crippen molar-refractivity contribution < 1.29 is 0 Å². The quantitative estimate of drug-likeness (QED) is 0.809. The number of hydrogen-bond donors (Lipinski definition) is 0. The molecule has 2 aromatic rings. The van der Waals surface area contributed by atoms with Crippen LogP contribution in [0.15, 0.2) is 29.0 Å². The highest BCUT2D eigenvalue weighted by molar-refractivity contribution is 9.10. The fourth-order valence-electron chi connectivity index (χ4n) is 2.81. The molecule has 1 aromatic carbocycles. The molecule has 0 saturated heterocycles. The summed E-state index contributed by atoms with van der Waals surface area (Å²) in [6.45, 7) is 2.26. The van der Waals surface area contributed by atoms with Crippen LogP contribution in [0.2, 0.25) is 0 Å². The molecule has 1 aromatic heterocycles. The van der Waals surface area contributed by atoms with E-state index in [0.29, 0.717) is 0 Å². The van der Waals surface area contributed by atoms with Crippen molar-refractivity contribution in [1.82, 2.24) is 14.8 Å². The van der Waals surface area contributed by atoms with Crippen molar-refractivity contribution in [2.45, 2.75) is 25.2 Å². The van der Waals surface area contributed by atoms with Crippen molar-refractivity contribution in [2.24, 2.45) is 7.05 Å². The van der Waals surface area contributed by atoms with Gasteiger partial charge in [0.25, 0.3) is 0 Å². The van der Waals surface area contributed by atoms with Crippen molar-refractivity contribution in [3.8, 4) is 0 Å². The first-order valence-electron chi connectivity index (χ1n) is 5.74. The Balaban J connectivity index is 2.20. The number of nitrogens with zero attached hydrogens (tertiary/aromatic N) is 3. The van der Waals surface area contributed by atoms with Gasteiger partial charge in [-0.3, -0.25) is 0 Å². The van der Waals surface area contributed by atoms with Crippen molar-refractivity contribution in [3.05, 3.63) is 46.0 Å². The number of aryl methyl sites for hydroxylation is 2. The lowest BCUT2D eigenvalue weighted by Crippen LogP contribution is -2.24. The Kier molecular flexibility index (Phi) is 2.36. The molecule has 0 fully saturated rings. The Labute approximate surface area is 109 Å². The molecule has 0 spiro atoms. The van der Waals surface area contributed by atoms with Gasteiger partial charge in [0.1, 0.15) is 12.2 Å². The molecule has 1 atom stereocenters. The van der Waals surface area contributed by atoms with Gasteiger partial charge in [-0.1, -0.05) is 22.0 Å². The van der Waals surface area contributed by atoms with Gasteiger partial charge in [0.2, 0.25) is 0 Å². The predicted octanol–water partition coefficient (Wildman–Crippen LogP) is 2.83. The topological polar surface area (TPSA) is 30.7 Å². The van der Waals surface area contributed by atoms with E-state index in [2.05, 4.69) is 51.3 Å². The summed E-state index contributed by atoms with van der Waals surface area (Å²) in [7, 11) is 2.01. The SMILES string of the molecule is Cn1cnnc1C1(C)CCc2ccc(Br)cc21. The van der Waals surface area contributed by atoms with Crippen molar-refractivity contribution >= 4 is 15.9 Å². The van der Waals surface area contributed by atoms with Gasteiger partial charge in [0, 0.05) is 11.5 Å². The van der Waals surface area contributed by atoms with Crippen LogP contribution in [0, 0.1) is 0 Å². The Morgan fingerprint density at radius 3 is 2.94 bits per heavy atom. The fourth-order valence-corrected chi connectivity index (χ4v) is 3.18. The molecule has 4 heteroatoms. The third kappa shape index (κ3) is 1.54. The Morgan fingerprint density at radius 1 is 1.41 bits per heavy atom. The summed E-state index contributed by atoms with van der Waals surface area (Å²) in [6.07, 6.45) is 3.99. The number of fused-ring (bicyclic) bond motifs is 1. The fraction of sp³-hybridized carbons (Fsp3) is 0.385. The van der Waals surface area contributed by atoms with Gasteiger partial charge in [-0.05, 0) is 43.0 Å². The van der Waals surface area contributed by atoms with E-state index in [0.717, 1.165) is 23.1 Å². The number of rotatable bonds is 1. The average Bonchev–Trinajstić information content (AvgIpc) is 2.85. The van der Waals surface area contributed by atoms with E-state index in [-0.39, 0.29) is 5.41 Å². The summed E-state index contributed by atoms with van der Waals surface area (Å²) >= 11 is 3.56. The molecule has 17 heavy (non-hydrogen) atoms.